The number of benzene rings is 9. The van der Waals surface area contributed by atoms with Crippen molar-refractivity contribution in [3.63, 3.8) is 0 Å². The SMILES string of the molecule is [2H]c1c([2H])c([2H])c(-c2nc(-c3ccc([Si](c4ccccc4)(c4ccccc4)c4ccccc4)cc3)nc(-n3c4ccccc4c4cccc(-n5c6ccccc6c6ccccc65)c43)n2)c([2H])c1[2H]. The van der Waals surface area contributed by atoms with Crippen LogP contribution in [0.1, 0.15) is 6.85 Å². The molecule has 12 rings (SSSR count). The van der Waals surface area contributed by atoms with E-state index in [0.29, 0.717) is 5.56 Å². The van der Waals surface area contributed by atoms with Crippen LogP contribution in [-0.4, -0.2) is 32.2 Å². The van der Waals surface area contributed by atoms with Crippen molar-refractivity contribution in [2.24, 2.45) is 0 Å². The molecule has 12 aromatic rings. The lowest BCUT2D eigenvalue weighted by Crippen LogP contribution is -2.74. The minimum atomic E-state index is -2.88. The fourth-order valence-electron chi connectivity index (χ4n) is 9.57. The van der Waals surface area contributed by atoms with Gasteiger partial charge in [-0.25, -0.2) is 4.98 Å². The third-order valence-corrected chi connectivity index (χ3v) is 17.0. The van der Waals surface area contributed by atoms with Crippen molar-refractivity contribution >= 4 is 72.4 Å². The van der Waals surface area contributed by atoms with Crippen molar-refractivity contribution in [3.05, 3.63) is 236 Å². The Hall–Kier alpha value is -8.19. The van der Waals surface area contributed by atoms with Crippen LogP contribution in [0.3, 0.4) is 0 Å². The molecular weight excluding hydrogens is 783 g/mol. The number of hydrogen-bond donors (Lipinski definition) is 0. The molecule has 0 N–H and O–H groups in total. The van der Waals surface area contributed by atoms with E-state index in [2.05, 4.69) is 180 Å². The number of aromatic nitrogens is 5. The van der Waals surface area contributed by atoms with Crippen molar-refractivity contribution in [2.45, 2.75) is 0 Å². The smallest absolute Gasteiger partial charge is 0.238 e. The van der Waals surface area contributed by atoms with Gasteiger partial charge in [0, 0.05) is 32.7 Å². The minimum absolute atomic E-state index is 0.0343. The molecule has 0 aliphatic carbocycles. The molecule has 3 heterocycles. The summed E-state index contributed by atoms with van der Waals surface area (Å²) < 4.78 is 48.3. The second kappa shape index (κ2) is 15.1. The molecule has 0 spiro atoms. The third-order valence-electron chi connectivity index (χ3n) is 12.2. The van der Waals surface area contributed by atoms with Gasteiger partial charge in [-0.2, -0.15) is 9.97 Å². The van der Waals surface area contributed by atoms with Gasteiger partial charge in [0.15, 0.2) is 19.7 Å². The molecule has 0 radical (unpaired) electrons. The molecule has 9 aromatic carbocycles. The second-order valence-electron chi connectivity index (χ2n) is 15.6. The van der Waals surface area contributed by atoms with Crippen LogP contribution in [0, 0.1) is 0 Å². The standard InChI is InChI=1S/C57H39N5Si/c1-5-20-40(21-6-1)55-58-56(41-36-38-45(39-37-41)63(42-22-7-2-8-23-42,43-24-9-3-10-25-43)44-26-11-4-12-27-44)60-57(59-55)62-52-34-18-15-30-48(52)49-31-19-35-53(54(49)62)61-50-32-16-13-28-46(50)47-29-14-17-33-51(47)61/h1-39H/i1D,5D,6D,20D,21D. The highest BCUT2D eigenvalue weighted by atomic mass is 28.3. The van der Waals surface area contributed by atoms with Gasteiger partial charge in [0.2, 0.25) is 5.95 Å². The zero-order valence-electron chi connectivity index (χ0n) is 38.9. The molecule has 0 saturated carbocycles. The zero-order chi connectivity index (χ0) is 46.1. The average molecular weight is 827 g/mol. The highest BCUT2D eigenvalue weighted by molar-refractivity contribution is 7.19. The summed E-state index contributed by atoms with van der Waals surface area (Å²) in [6.45, 7) is 0. The number of para-hydroxylation sites is 4. The Bertz CT molecular complexity index is 3740. The van der Waals surface area contributed by atoms with Gasteiger partial charge >= 0.3 is 0 Å². The minimum Gasteiger partial charge on any atom is -0.307 e. The van der Waals surface area contributed by atoms with E-state index in [1.165, 1.54) is 15.6 Å². The van der Waals surface area contributed by atoms with Crippen molar-refractivity contribution in [1.29, 1.82) is 0 Å². The summed E-state index contributed by atoms with van der Waals surface area (Å²) in [6, 6.07) is 69.5. The van der Waals surface area contributed by atoms with E-state index >= 15 is 0 Å². The lowest BCUT2D eigenvalue weighted by Gasteiger charge is -2.34. The zero-order valence-corrected chi connectivity index (χ0v) is 34.9. The van der Waals surface area contributed by atoms with Crippen molar-refractivity contribution < 1.29 is 6.85 Å². The molecular formula is C57H39N5Si. The lowest BCUT2D eigenvalue weighted by atomic mass is 10.1. The lowest BCUT2D eigenvalue weighted by molar-refractivity contribution is 0.950. The summed E-state index contributed by atoms with van der Waals surface area (Å²) in [5.41, 5.74) is 5.21. The Morgan fingerprint density at radius 2 is 0.778 bits per heavy atom. The van der Waals surface area contributed by atoms with Crippen molar-refractivity contribution in [3.8, 4) is 34.4 Å². The van der Waals surface area contributed by atoms with Gasteiger partial charge in [-0.05, 0) is 45.0 Å². The highest BCUT2D eigenvalue weighted by Gasteiger charge is 2.41. The largest absolute Gasteiger partial charge is 0.307 e. The summed E-state index contributed by atoms with van der Waals surface area (Å²) in [6.07, 6.45) is 0. The molecule has 6 heteroatoms. The van der Waals surface area contributed by atoms with Crippen molar-refractivity contribution in [2.75, 3.05) is 0 Å². The van der Waals surface area contributed by atoms with E-state index in [0.717, 1.165) is 54.5 Å². The van der Waals surface area contributed by atoms with Crippen LogP contribution in [0.25, 0.3) is 78.0 Å². The van der Waals surface area contributed by atoms with Crippen LogP contribution in [0.4, 0.5) is 0 Å². The van der Waals surface area contributed by atoms with Gasteiger partial charge in [-0.1, -0.05) is 212 Å². The summed E-state index contributed by atoms with van der Waals surface area (Å²) in [4.78, 5) is 15.4. The first-order valence-electron chi connectivity index (χ1n) is 23.5. The van der Waals surface area contributed by atoms with E-state index in [4.69, 9.17) is 21.8 Å². The quantitative estimate of drug-likeness (QED) is 0.113. The highest BCUT2D eigenvalue weighted by Crippen LogP contribution is 2.39. The first-order valence-corrected chi connectivity index (χ1v) is 23.0. The predicted octanol–water partition coefficient (Wildman–Crippen LogP) is 10.8. The summed E-state index contributed by atoms with van der Waals surface area (Å²) in [5, 5.41) is 9.06. The fraction of sp³-hybridized carbons (Fsp3) is 0. The molecule has 0 fully saturated rings. The monoisotopic (exact) mass is 826 g/mol. The molecule has 0 amide bonds. The Morgan fingerprint density at radius 3 is 1.32 bits per heavy atom. The van der Waals surface area contributed by atoms with Crippen LogP contribution in [0.2, 0.25) is 0 Å². The molecule has 296 valence electrons. The van der Waals surface area contributed by atoms with Crippen LogP contribution in [0.15, 0.2) is 236 Å². The topological polar surface area (TPSA) is 48.5 Å². The molecule has 0 atom stereocenters. The van der Waals surface area contributed by atoms with Gasteiger partial charge < -0.3 is 4.57 Å². The molecule has 0 unspecified atom stereocenters. The van der Waals surface area contributed by atoms with Crippen LogP contribution < -0.4 is 20.7 Å². The van der Waals surface area contributed by atoms with E-state index < -0.39 is 38.3 Å². The van der Waals surface area contributed by atoms with Crippen LogP contribution >= 0.6 is 0 Å². The molecule has 0 aliphatic heterocycles. The van der Waals surface area contributed by atoms with Crippen molar-refractivity contribution in [1.82, 2.24) is 24.1 Å². The fourth-order valence-corrected chi connectivity index (χ4v) is 14.3. The first-order chi connectivity index (χ1) is 33.3. The van der Waals surface area contributed by atoms with Crippen LogP contribution in [-0.2, 0) is 0 Å². The maximum atomic E-state index is 9.10. The summed E-state index contributed by atoms with van der Waals surface area (Å²) in [5.74, 6) is 0.491. The maximum absolute atomic E-state index is 9.10. The Morgan fingerprint density at radius 1 is 0.349 bits per heavy atom. The van der Waals surface area contributed by atoms with E-state index in [9.17, 15) is 0 Å². The Kier molecular flexibility index (Phi) is 7.57. The summed E-state index contributed by atoms with van der Waals surface area (Å²) >= 11 is 0. The van der Waals surface area contributed by atoms with Gasteiger partial charge in [0.1, 0.15) is 0 Å². The number of fused-ring (bicyclic) bond motifs is 6. The van der Waals surface area contributed by atoms with E-state index in [1.54, 1.807) is 0 Å². The van der Waals surface area contributed by atoms with Gasteiger partial charge in [0.25, 0.3) is 0 Å². The van der Waals surface area contributed by atoms with E-state index in [1.807, 2.05) is 34.9 Å². The molecule has 0 aliphatic rings. The van der Waals surface area contributed by atoms with E-state index in [-0.39, 0.29) is 23.2 Å². The third kappa shape index (κ3) is 5.87. The molecule has 0 bridgehead atoms. The molecule has 3 aromatic heterocycles. The average Bonchev–Trinajstić information content (AvgIpc) is 3.92. The first kappa shape index (κ1) is 31.6. The second-order valence-corrected chi connectivity index (χ2v) is 19.4. The number of nitrogens with zero attached hydrogens (tertiary/aromatic N) is 5. The molecule has 0 saturated heterocycles. The Balaban J connectivity index is 1.14. The van der Waals surface area contributed by atoms with Gasteiger partial charge in [-0.15, -0.1) is 0 Å². The number of rotatable bonds is 8. The normalized spacial score (nSPS) is 12.9. The van der Waals surface area contributed by atoms with Crippen LogP contribution in [0.5, 0.6) is 0 Å². The predicted molar refractivity (Wildman–Crippen MR) is 263 cm³/mol. The molecule has 5 nitrogen and oxygen atoms in total. The van der Waals surface area contributed by atoms with Gasteiger partial charge in [-0.3, -0.25) is 4.57 Å². The number of hydrogen-bond acceptors (Lipinski definition) is 3. The summed E-state index contributed by atoms with van der Waals surface area (Å²) in [7, 11) is -2.88. The molecule has 63 heavy (non-hydrogen) atoms. The Labute approximate surface area is 372 Å². The van der Waals surface area contributed by atoms with Gasteiger partial charge in [0.05, 0.1) is 34.6 Å². The maximum Gasteiger partial charge on any atom is 0.238 e.